The molecule has 0 aromatic rings. The van der Waals surface area contributed by atoms with Crippen LogP contribution in [0.5, 0.6) is 0 Å². The lowest BCUT2D eigenvalue weighted by Gasteiger charge is -2.38. The van der Waals surface area contributed by atoms with Crippen LogP contribution in [-0.2, 0) is 0 Å². The number of hydrogen-bond donors (Lipinski definition) is 2. The summed E-state index contributed by atoms with van der Waals surface area (Å²) in [6, 6.07) is -0.413. The Hall–Kier alpha value is -0.770. The molecule has 2 amide bonds. The molecule has 0 heterocycles. The van der Waals surface area contributed by atoms with E-state index in [9.17, 15) is 4.79 Å². The fourth-order valence-electron chi connectivity index (χ4n) is 1.38. The Labute approximate surface area is 73.9 Å². The predicted octanol–water partition coefficient (Wildman–Crippen LogP) is 0.514. The number of urea groups is 1. The van der Waals surface area contributed by atoms with Crippen molar-refractivity contribution in [2.45, 2.75) is 32.2 Å². The first-order valence-corrected chi connectivity index (χ1v) is 4.27. The second-order valence-electron chi connectivity index (χ2n) is 3.03. The Morgan fingerprint density at radius 3 is 1.92 bits per heavy atom. The molecule has 0 aliphatic rings. The molecule has 4 N–H and O–H groups in total. The van der Waals surface area contributed by atoms with Gasteiger partial charge in [0, 0.05) is 13.6 Å². The average Bonchev–Trinajstić information content (AvgIpc) is 2.08. The highest BCUT2D eigenvalue weighted by Crippen LogP contribution is 2.20. The molecule has 0 radical (unpaired) electrons. The summed E-state index contributed by atoms with van der Waals surface area (Å²) >= 11 is 0. The molecular weight excluding hydrogens is 154 g/mol. The molecule has 0 aliphatic heterocycles. The van der Waals surface area contributed by atoms with Crippen LogP contribution in [0.1, 0.15) is 26.7 Å². The Kier molecular flexibility index (Phi) is 4.03. The molecule has 0 aromatic heterocycles. The van der Waals surface area contributed by atoms with Gasteiger partial charge in [0.1, 0.15) is 0 Å². The van der Waals surface area contributed by atoms with E-state index in [1.54, 1.807) is 7.05 Å². The van der Waals surface area contributed by atoms with E-state index < -0.39 is 6.03 Å². The lowest BCUT2D eigenvalue weighted by molar-refractivity contribution is 0.137. The molecule has 0 unspecified atom stereocenters. The number of primary amides is 1. The van der Waals surface area contributed by atoms with Crippen molar-refractivity contribution < 1.29 is 4.79 Å². The summed E-state index contributed by atoms with van der Waals surface area (Å²) in [4.78, 5) is 12.4. The van der Waals surface area contributed by atoms with E-state index >= 15 is 0 Å². The number of amides is 2. The number of carbonyl (C=O) groups is 1. The monoisotopic (exact) mass is 173 g/mol. The summed E-state index contributed by atoms with van der Waals surface area (Å²) in [5.41, 5.74) is 10.5. The average molecular weight is 173 g/mol. The van der Waals surface area contributed by atoms with E-state index in [1.165, 1.54) is 4.90 Å². The summed E-state index contributed by atoms with van der Waals surface area (Å²) < 4.78 is 0. The van der Waals surface area contributed by atoms with Gasteiger partial charge in [-0.05, 0) is 12.8 Å². The topological polar surface area (TPSA) is 72.3 Å². The van der Waals surface area contributed by atoms with Crippen molar-refractivity contribution in [1.29, 1.82) is 0 Å². The van der Waals surface area contributed by atoms with Gasteiger partial charge < -0.3 is 16.4 Å². The molecule has 0 saturated heterocycles. The van der Waals surface area contributed by atoms with Crippen LogP contribution in [0.2, 0.25) is 0 Å². The summed E-state index contributed by atoms with van der Waals surface area (Å²) in [6.45, 7) is 4.48. The minimum Gasteiger partial charge on any atom is -0.351 e. The van der Waals surface area contributed by atoms with Gasteiger partial charge in [0.05, 0.1) is 5.54 Å². The fraction of sp³-hybridized carbons (Fsp3) is 0.875. The van der Waals surface area contributed by atoms with Gasteiger partial charge in [0.25, 0.3) is 0 Å². The molecule has 0 spiro atoms. The van der Waals surface area contributed by atoms with E-state index in [0.29, 0.717) is 6.54 Å². The SMILES string of the molecule is CCC(CC)(CN)N(C)C(N)=O. The van der Waals surface area contributed by atoms with Gasteiger partial charge in [0.2, 0.25) is 0 Å². The highest BCUT2D eigenvalue weighted by atomic mass is 16.2. The summed E-state index contributed by atoms with van der Waals surface area (Å²) in [6.07, 6.45) is 1.67. The number of nitrogens with zero attached hydrogens (tertiary/aromatic N) is 1. The molecule has 72 valence electrons. The van der Waals surface area contributed by atoms with Crippen LogP contribution in [0.15, 0.2) is 0 Å². The standard InChI is InChI=1S/C8H19N3O/c1-4-8(5-2,6-9)11(3)7(10)12/h4-6,9H2,1-3H3,(H2,10,12). The van der Waals surface area contributed by atoms with Crippen molar-refractivity contribution >= 4 is 6.03 Å². The van der Waals surface area contributed by atoms with Crippen LogP contribution in [0.4, 0.5) is 4.79 Å². The second-order valence-corrected chi connectivity index (χ2v) is 3.03. The third-order valence-electron chi connectivity index (χ3n) is 2.74. The molecule has 4 heteroatoms. The molecule has 0 rings (SSSR count). The highest BCUT2D eigenvalue weighted by Gasteiger charge is 2.31. The zero-order chi connectivity index (χ0) is 9.78. The van der Waals surface area contributed by atoms with Crippen molar-refractivity contribution in [2.24, 2.45) is 11.5 Å². The predicted molar refractivity (Wildman–Crippen MR) is 49.7 cm³/mol. The van der Waals surface area contributed by atoms with Crippen molar-refractivity contribution in [3.8, 4) is 0 Å². The molecule has 0 atom stereocenters. The van der Waals surface area contributed by atoms with E-state index in [0.717, 1.165) is 12.8 Å². The van der Waals surface area contributed by atoms with E-state index in [2.05, 4.69) is 0 Å². The van der Waals surface area contributed by atoms with Crippen LogP contribution in [0.25, 0.3) is 0 Å². The first-order valence-electron chi connectivity index (χ1n) is 4.27. The van der Waals surface area contributed by atoms with E-state index in [-0.39, 0.29) is 5.54 Å². The number of likely N-dealkylation sites (N-methyl/N-ethyl adjacent to an activating group) is 1. The minimum absolute atomic E-state index is 0.258. The van der Waals surface area contributed by atoms with Gasteiger partial charge in [-0.15, -0.1) is 0 Å². The molecule has 12 heavy (non-hydrogen) atoms. The lowest BCUT2D eigenvalue weighted by Crippen LogP contribution is -2.55. The van der Waals surface area contributed by atoms with Gasteiger partial charge in [-0.1, -0.05) is 13.8 Å². The van der Waals surface area contributed by atoms with Crippen molar-refractivity contribution in [3.05, 3.63) is 0 Å². The summed E-state index contributed by atoms with van der Waals surface area (Å²) in [7, 11) is 1.70. The number of hydrogen-bond acceptors (Lipinski definition) is 2. The fourth-order valence-corrected chi connectivity index (χ4v) is 1.38. The molecule has 0 aliphatic carbocycles. The first-order chi connectivity index (χ1) is 5.54. The van der Waals surface area contributed by atoms with E-state index in [4.69, 9.17) is 11.5 Å². The van der Waals surface area contributed by atoms with Gasteiger partial charge in [-0.2, -0.15) is 0 Å². The Morgan fingerprint density at radius 1 is 1.42 bits per heavy atom. The van der Waals surface area contributed by atoms with Crippen LogP contribution >= 0.6 is 0 Å². The second kappa shape index (κ2) is 4.30. The summed E-state index contributed by atoms with van der Waals surface area (Å²) in [5, 5.41) is 0. The first kappa shape index (κ1) is 11.2. The van der Waals surface area contributed by atoms with Gasteiger partial charge in [-0.25, -0.2) is 4.79 Å². The number of nitrogens with two attached hydrogens (primary N) is 2. The zero-order valence-corrected chi connectivity index (χ0v) is 8.13. The smallest absolute Gasteiger partial charge is 0.315 e. The van der Waals surface area contributed by atoms with Crippen molar-refractivity contribution in [3.63, 3.8) is 0 Å². The molecule has 0 aromatic carbocycles. The molecule has 0 saturated carbocycles. The van der Waals surface area contributed by atoms with Gasteiger partial charge >= 0.3 is 6.03 Å². The van der Waals surface area contributed by atoms with Crippen molar-refractivity contribution in [1.82, 2.24) is 4.90 Å². The Bertz CT molecular complexity index is 146. The maximum atomic E-state index is 10.9. The Morgan fingerprint density at radius 2 is 1.83 bits per heavy atom. The number of carbonyl (C=O) groups excluding carboxylic acids is 1. The Balaban J connectivity index is 4.58. The van der Waals surface area contributed by atoms with Crippen molar-refractivity contribution in [2.75, 3.05) is 13.6 Å². The van der Waals surface area contributed by atoms with Crippen LogP contribution in [0, 0.1) is 0 Å². The normalized spacial score (nSPS) is 11.3. The van der Waals surface area contributed by atoms with Gasteiger partial charge in [0.15, 0.2) is 0 Å². The quantitative estimate of drug-likeness (QED) is 0.650. The number of rotatable bonds is 4. The molecule has 4 nitrogen and oxygen atoms in total. The highest BCUT2D eigenvalue weighted by molar-refractivity contribution is 5.72. The minimum atomic E-state index is -0.413. The maximum Gasteiger partial charge on any atom is 0.315 e. The van der Waals surface area contributed by atoms with Gasteiger partial charge in [-0.3, -0.25) is 0 Å². The largest absolute Gasteiger partial charge is 0.351 e. The third-order valence-corrected chi connectivity index (χ3v) is 2.74. The maximum absolute atomic E-state index is 10.9. The van der Waals surface area contributed by atoms with Crippen LogP contribution < -0.4 is 11.5 Å². The summed E-state index contributed by atoms with van der Waals surface area (Å²) in [5.74, 6) is 0. The van der Waals surface area contributed by atoms with Crippen LogP contribution in [-0.4, -0.2) is 30.1 Å². The zero-order valence-electron chi connectivity index (χ0n) is 8.13. The third kappa shape index (κ3) is 1.88. The van der Waals surface area contributed by atoms with Crippen LogP contribution in [0.3, 0.4) is 0 Å². The lowest BCUT2D eigenvalue weighted by atomic mass is 9.91. The molecule has 0 bridgehead atoms. The molecular formula is C8H19N3O. The van der Waals surface area contributed by atoms with E-state index in [1.807, 2.05) is 13.8 Å². The molecule has 0 fully saturated rings.